The smallest absolute Gasteiger partial charge is 0.155 e. The molecule has 0 saturated heterocycles. The number of rotatable bonds is 6. The molecule has 2 nitrogen and oxygen atoms in total. The predicted molar refractivity (Wildman–Crippen MR) is 292 cm³/mol. The molecule has 0 fully saturated rings. The van der Waals surface area contributed by atoms with Gasteiger partial charge in [0, 0.05) is 43.0 Å². The highest BCUT2D eigenvalue weighted by atomic mass is 32.2. The number of anilines is 3. The van der Waals surface area contributed by atoms with Gasteiger partial charge in [0.15, 0.2) is 8.80 Å². The van der Waals surface area contributed by atoms with E-state index in [1.54, 1.807) is 0 Å². The molecular formula is C65H43N2SSi. The van der Waals surface area contributed by atoms with Crippen molar-refractivity contribution in [1.82, 2.24) is 4.57 Å². The minimum absolute atomic E-state index is 0.546. The van der Waals surface area contributed by atoms with Crippen LogP contribution in [0.4, 0.5) is 17.1 Å². The Morgan fingerprint density at radius 3 is 1.77 bits per heavy atom. The van der Waals surface area contributed by atoms with Gasteiger partial charge in [-0.1, -0.05) is 211 Å². The van der Waals surface area contributed by atoms with Crippen LogP contribution in [0.3, 0.4) is 0 Å². The molecular weight excluding hydrogens is 869 g/mol. The van der Waals surface area contributed by atoms with E-state index < -0.39 is 14.2 Å². The number of para-hydroxylation sites is 2. The summed E-state index contributed by atoms with van der Waals surface area (Å²) in [6.45, 7) is 0. The molecule has 69 heavy (non-hydrogen) atoms. The Kier molecular flexibility index (Phi) is 9.26. The summed E-state index contributed by atoms with van der Waals surface area (Å²) >= 11 is 1.90. The van der Waals surface area contributed by atoms with Gasteiger partial charge in [0.25, 0.3) is 0 Å². The molecule has 0 unspecified atom stereocenters. The lowest BCUT2D eigenvalue weighted by molar-refractivity contribution is 0.708. The lowest BCUT2D eigenvalue weighted by atomic mass is 9.64. The third kappa shape index (κ3) is 6.06. The van der Waals surface area contributed by atoms with Crippen molar-refractivity contribution in [3.63, 3.8) is 0 Å². The Balaban J connectivity index is 1.01. The first-order chi connectivity index (χ1) is 34.3. The third-order valence-electron chi connectivity index (χ3n) is 14.6. The van der Waals surface area contributed by atoms with Crippen molar-refractivity contribution < 1.29 is 0 Å². The monoisotopic (exact) mass is 911 g/mol. The first-order valence-corrected chi connectivity index (χ1v) is 26.1. The third-order valence-corrected chi connectivity index (χ3v) is 18.6. The van der Waals surface area contributed by atoms with Crippen molar-refractivity contribution in [3.05, 3.63) is 283 Å². The number of nitrogens with zero attached hydrogens (tertiary/aromatic N) is 2. The summed E-state index contributed by atoms with van der Waals surface area (Å²) in [5, 5.41) is 9.21. The standard InChI is InChI=1S/C65H43N2SSi/c1-3-21-46(22-4-1)67-58-31-13-9-26-52(58)64-51(27-18-33-59(64)67)45-37-39-47(40-38-45)66(57-32-17-20-44-19-7-8-25-50(44)57)48-41-42-63-56(43-48)65(53-28-10-14-34-60(53)68-61-35-15-11-29-54(61)65)55-30-12-16-36-62(55)69(63)49-23-5-2-6-24-49/h1-43H. The van der Waals surface area contributed by atoms with Gasteiger partial charge in [0.05, 0.1) is 22.1 Å². The Bertz CT molecular complexity index is 3900. The van der Waals surface area contributed by atoms with Crippen LogP contribution in [0, 0.1) is 0 Å². The average Bonchev–Trinajstić information content (AvgIpc) is 3.76. The fourth-order valence-electron chi connectivity index (χ4n) is 11.7. The van der Waals surface area contributed by atoms with Gasteiger partial charge in [0.1, 0.15) is 0 Å². The summed E-state index contributed by atoms with van der Waals surface area (Å²) in [6, 6.07) is 97.6. The zero-order chi connectivity index (χ0) is 45.5. The van der Waals surface area contributed by atoms with Crippen molar-refractivity contribution in [2.45, 2.75) is 15.2 Å². The second-order valence-corrected chi connectivity index (χ2v) is 21.6. The molecule has 3 heterocycles. The summed E-state index contributed by atoms with van der Waals surface area (Å²) in [5.41, 5.74) is 14.2. The van der Waals surface area contributed by atoms with Gasteiger partial charge in [0.2, 0.25) is 0 Å². The fourth-order valence-corrected chi connectivity index (χ4v) is 16.0. The molecule has 0 atom stereocenters. The van der Waals surface area contributed by atoms with E-state index in [0.717, 1.165) is 22.7 Å². The van der Waals surface area contributed by atoms with Crippen LogP contribution in [0.25, 0.3) is 49.4 Å². The van der Waals surface area contributed by atoms with E-state index in [0.29, 0.717) is 0 Å². The molecule has 4 heteroatoms. The maximum absolute atomic E-state index is 2.57. The van der Waals surface area contributed by atoms with Crippen LogP contribution < -0.4 is 20.5 Å². The summed E-state index contributed by atoms with van der Waals surface area (Å²) in [4.78, 5) is 5.12. The van der Waals surface area contributed by atoms with Crippen LogP contribution in [0.1, 0.15) is 22.3 Å². The zero-order valence-corrected chi connectivity index (χ0v) is 39.4. The molecule has 12 aromatic rings. The first-order valence-electron chi connectivity index (χ1n) is 23.8. The molecule has 0 aliphatic carbocycles. The molecule has 1 radical (unpaired) electrons. The van der Waals surface area contributed by atoms with Gasteiger partial charge >= 0.3 is 0 Å². The van der Waals surface area contributed by atoms with Crippen molar-refractivity contribution in [2.75, 3.05) is 4.90 Å². The molecule has 2 aliphatic rings. The second-order valence-electron chi connectivity index (χ2n) is 18.1. The fraction of sp³-hybridized carbons (Fsp3) is 0.0154. The maximum atomic E-state index is 2.57. The summed E-state index contributed by atoms with van der Waals surface area (Å²) in [6.07, 6.45) is 0. The summed E-state index contributed by atoms with van der Waals surface area (Å²) in [5.74, 6) is 0. The van der Waals surface area contributed by atoms with E-state index in [1.807, 2.05) is 11.8 Å². The highest BCUT2D eigenvalue weighted by Crippen LogP contribution is 2.57. The van der Waals surface area contributed by atoms with E-state index >= 15 is 0 Å². The van der Waals surface area contributed by atoms with Gasteiger partial charge < -0.3 is 9.47 Å². The van der Waals surface area contributed by atoms with Crippen LogP contribution >= 0.6 is 11.8 Å². The SMILES string of the molecule is c1ccc(-n2c3ccccc3c3c(-c4ccc(N(c5ccc6c(c5)C5(c7ccccc7Sc7ccccc75)c5ccccc5[Si]6c5ccccc5)c5cccc6ccccc56)cc4)cccc32)cc1. The molecule has 1 aromatic heterocycles. The largest absolute Gasteiger partial charge is 0.310 e. The highest BCUT2D eigenvalue weighted by molar-refractivity contribution is 7.99. The molecule has 0 N–H and O–H groups in total. The van der Waals surface area contributed by atoms with Crippen LogP contribution in [-0.4, -0.2) is 13.4 Å². The quantitative estimate of drug-likeness (QED) is 0.154. The van der Waals surface area contributed by atoms with Crippen LogP contribution in [-0.2, 0) is 5.41 Å². The lowest BCUT2D eigenvalue weighted by Crippen LogP contribution is -2.62. The van der Waals surface area contributed by atoms with Crippen LogP contribution in [0.15, 0.2) is 271 Å². The highest BCUT2D eigenvalue weighted by Gasteiger charge is 2.51. The Morgan fingerprint density at radius 2 is 0.986 bits per heavy atom. The van der Waals surface area contributed by atoms with E-state index in [4.69, 9.17) is 0 Å². The zero-order valence-electron chi connectivity index (χ0n) is 37.6. The van der Waals surface area contributed by atoms with Crippen molar-refractivity contribution in [2.24, 2.45) is 0 Å². The number of aromatic nitrogens is 1. The summed E-state index contributed by atoms with van der Waals surface area (Å²) < 4.78 is 2.40. The van der Waals surface area contributed by atoms with Crippen LogP contribution in [0.5, 0.6) is 0 Å². The average molecular weight is 912 g/mol. The normalized spacial score (nSPS) is 13.5. The Morgan fingerprint density at radius 1 is 0.406 bits per heavy atom. The lowest BCUT2D eigenvalue weighted by Gasteiger charge is -2.48. The first kappa shape index (κ1) is 40.0. The van der Waals surface area contributed by atoms with Gasteiger partial charge in [-0.15, -0.1) is 0 Å². The number of hydrogen-bond acceptors (Lipinski definition) is 2. The van der Waals surface area contributed by atoms with E-state index in [9.17, 15) is 0 Å². The molecule has 2 aliphatic heterocycles. The van der Waals surface area contributed by atoms with Gasteiger partial charge in [-0.2, -0.15) is 0 Å². The second kappa shape index (κ2) is 16.0. The number of benzene rings is 11. The summed E-state index contributed by atoms with van der Waals surface area (Å²) in [7, 11) is -1.43. The van der Waals surface area contributed by atoms with Gasteiger partial charge in [-0.3, -0.25) is 0 Å². The number of fused-ring (bicyclic) bond motifs is 12. The minimum atomic E-state index is -1.43. The van der Waals surface area contributed by atoms with Gasteiger partial charge in [-0.25, -0.2) is 0 Å². The topological polar surface area (TPSA) is 8.17 Å². The van der Waals surface area contributed by atoms with Gasteiger partial charge in [-0.05, 0) is 116 Å². The minimum Gasteiger partial charge on any atom is -0.310 e. The molecule has 1 spiro atoms. The van der Waals surface area contributed by atoms with Crippen LogP contribution in [0.2, 0.25) is 0 Å². The molecule has 0 bridgehead atoms. The molecule has 323 valence electrons. The number of hydrogen-bond donors (Lipinski definition) is 0. The molecule has 11 aromatic carbocycles. The Hall–Kier alpha value is -8.15. The molecule has 0 saturated carbocycles. The maximum Gasteiger partial charge on any atom is 0.155 e. The van der Waals surface area contributed by atoms with Crippen molar-refractivity contribution >= 4 is 85.8 Å². The predicted octanol–water partition coefficient (Wildman–Crippen LogP) is 14.8. The van der Waals surface area contributed by atoms with E-state index in [2.05, 4.69) is 270 Å². The van der Waals surface area contributed by atoms with E-state index in [-0.39, 0.29) is 0 Å². The molecule has 14 rings (SSSR count). The van der Waals surface area contributed by atoms with E-state index in [1.165, 1.54) is 91.3 Å². The van der Waals surface area contributed by atoms with Crippen molar-refractivity contribution in [3.8, 4) is 16.8 Å². The Labute approximate surface area is 408 Å². The molecule has 0 amide bonds. The van der Waals surface area contributed by atoms with Crippen molar-refractivity contribution in [1.29, 1.82) is 0 Å².